The quantitative estimate of drug-likeness (QED) is 0.733. The van der Waals surface area contributed by atoms with E-state index in [0.29, 0.717) is 0 Å². The predicted molar refractivity (Wildman–Crippen MR) is 41.1 cm³/mol. The summed E-state index contributed by atoms with van der Waals surface area (Å²) >= 11 is 0. The van der Waals surface area contributed by atoms with Crippen LogP contribution in [0.25, 0.3) is 0 Å². The molecule has 0 saturated carbocycles. The molecule has 0 radical (unpaired) electrons. The van der Waals surface area contributed by atoms with E-state index in [9.17, 15) is 13.2 Å². The molecule has 1 aromatic rings. The van der Waals surface area contributed by atoms with Crippen molar-refractivity contribution in [2.75, 3.05) is 0 Å². The normalized spacial score (nSPS) is 11.0. The summed E-state index contributed by atoms with van der Waals surface area (Å²) in [5, 5.41) is 8.38. The third-order valence-electron chi connectivity index (χ3n) is 1.47. The molecule has 1 rings (SSSR count). The molecule has 0 unspecified atom stereocenters. The number of aromatic nitrogens is 2. The number of hydrogen-bond acceptors (Lipinski definition) is 3. The van der Waals surface area contributed by atoms with E-state index in [-0.39, 0.29) is 17.8 Å². The third kappa shape index (κ3) is 3.39. The highest BCUT2D eigenvalue weighted by molar-refractivity contribution is 5.21. The van der Waals surface area contributed by atoms with Crippen LogP contribution in [0.15, 0.2) is 12.4 Å². The zero-order chi connectivity index (χ0) is 10.6. The molecular formula is C8H6F3N3. The number of halogens is 3. The SMILES string of the molecule is N#Cc1cnc(CCC(F)(F)F)nc1. The second-order valence-corrected chi connectivity index (χ2v) is 2.61. The van der Waals surface area contributed by atoms with E-state index >= 15 is 0 Å². The van der Waals surface area contributed by atoms with Crippen molar-refractivity contribution in [3.63, 3.8) is 0 Å². The smallest absolute Gasteiger partial charge is 0.240 e. The van der Waals surface area contributed by atoms with Gasteiger partial charge >= 0.3 is 6.18 Å². The fourth-order valence-electron chi connectivity index (χ4n) is 0.795. The number of nitrogens with zero attached hydrogens (tertiary/aromatic N) is 3. The molecule has 74 valence electrons. The van der Waals surface area contributed by atoms with Gasteiger partial charge in [-0.1, -0.05) is 0 Å². The third-order valence-corrected chi connectivity index (χ3v) is 1.47. The van der Waals surface area contributed by atoms with Crippen LogP contribution in [-0.4, -0.2) is 16.1 Å². The lowest BCUT2D eigenvalue weighted by atomic mass is 10.3. The van der Waals surface area contributed by atoms with Gasteiger partial charge in [0.1, 0.15) is 11.9 Å². The van der Waals surface area contributed by atoms with Crippen LogP contribution in [0.2, 0.25) is 0 Å². The monoisotopic (exact) mass is 201 g/mol. The van der Waals surface area contributed by atoms with Crippen LogP contribution in [0.1, 0.15) is 17.8 Å². The first-order valence-corrected chi connectivity index (χ1v) is 3.79. The van der Waals surface area contributed by atoms with E-state index in [4.69, 9.17) is 5.26 Å². The highest BCUT2D eigenvalue weighted by Crippen LogP contribution is 2.20. The minimum Gasteiger partial charge on any atom is -0.240 e. The topological polar surface area (TPSA) is 49.6 Å². The van der Waals surface area contributed by atoms with Gasteiger partial charge in [0.05, 0.1) is 12.0 Å². The molecule has 14 heavy (non-hydrogen) atoms. The molecule has 0 fully saturated rings. The number of aryl methyl sites for hydroxylation is 1. The summed E-state index contributed by atoms with van der Waals surface area (Å²) in [6.07, 6.45) is -2.98. The van der Waals surface area contributed by atoms with Gasteiger partial charge in [-0.05, 0) is 0 Å². The molecule has 0 amide bonds. The summed E-state index contributed by atoms with van der Waals surface area (Å²) in [5.41, 5.74) is 0.237. The molecular weight excluding hydrogens is 195 g/mol. The van der Waals surface area contributed by atoms with Crippen LogP contribution in [0, 0.1) is 11.3 Å². The van der Waals surface area contributed by atoms with E-state index in [1.54, 1.807) is 6.07 Å². The van der Waals surface area contributed by atoms with Crippen LogP contribution >= 0.6 is 0 Å². The maximum Gasteiger partial charge on any atom is 0.389 e. The molecule has 0 N–H and O–H groups in total. The second-order valence-electron chi connectivity index (χ2n) is 2.61. The van der Waals surface area contributed by atoms with Gasteiger partial charge in [0.2, 0.25) is 0 Å². The first-order chi connectivity index (χ1) is 6.51. The molecule has 0 aliphatic heterocycles. The van der Waals surface area contributed by atoms with Crippen molar-refractivity contribution >= 4 is 0 Å². The van der Waals surface area contributed by atoms with Gasteiger partial charge in [0, 0.05) is 18.8 Å². The molecule has 0 spiro atoms. The Labute approximate surface area is 78.2 Å². The number of nitriles is 1. The van der Waals surface area contributed by atoms with Crippen LogP contribution in [0.5, 0.6) is 0 Å². The molecule has 0 atom stereocenters. The number of hydrogen-bond donors (Lipinski definition) is 0. The Morgan fingerprint density at radius 2 is 1.86 bits per heavy atom. The predicted octanol–water partition coefficient (Wildman–Crippen LogP) is 1.84. The zero-order valence-electron chi connectivity index (χ0n) is 7.04. The van der Waals surface area contributed by atoms with Crippen molar-refractivity contribution in [3.8, 4) is 6.07 Å². The van der Waals surface area contributed by atoms with Crippen LogP contribution < -0.4 is 0 Å². The number of alkyl halides is 3. The Bertz CT molecular complexity index is 336. The first-order valence-electron chi connectivity index (χ1n) is 3.79. The van der Waals surface area contributed by atoms with Crippen molar-refractivity contribution in [1.82, 2.24) is 9.97 Å². The van der Waals surface area contributed by atoms with Crippen LogP contribution in [0.3, 0.4) is 0 Å². The highest BCUT2D eigenvalue weighted by Gasteiger charge is 2.26. The van der Waals surface area contributed by atoms with Gasteiger partial charge < -0.3 is 0 Å². The molecule has 1 heterocycles. The van der Waals surface area contributed by atoms with E-state index < -0.39 is 12.6 Å². The van der Waals surface area contributed by atoms with Gasteiger partial charge in [-0.25, -0.2) is 9.97 Å². The van der Waals surface area contributed by atoms with Crippen molar-refractivity contribution in [2.24, 2.45) is 0 Å². The second kappa shape index (κ2) is 4.05. The fourth-order valence-corrected chi connectivity index (χ4v) is 0.795. The van der Waals surface area contributed by atoms with Gasteiger partial charge in [-0.2, -0.15) is 18.4 Å². The average Bonchev–Trinajstić information content (AvgIpc) is 2.14. The van der Waals surface area contributed by atoms with Crippen LogP contribution in [-0.2, 0) is 6.42 Å². The largest absolute Gasteiger partial charge is 0.389 e. The number of rotatable bonds is 2. The summed E-state index contributed by atoms with van der Waals surface area (Å²) in [4.78, 5) is 7.24. The summed E-state index contributed by atoms with van der Waals surface area (Å²) in [6.45, 7) is 0. The standard InChI is InChI=1S/C8H6F3N3/c9-8(10,11)2-1-7-13-4-6(3-12)5-14-7/h4-5H,1-2H2. The molecule has 0 aromatic carbocycles. The summed E-state index contributed by atoms with van der Waals surface area (Å²) < 4.78 is 35.3. The lowest BCUT2D eigenvalue weighted by Gasteiger charge is -2.04. The molecule has 0 bridgehead atoms. The Kier molecular flexibility index (Phi) is 3.02. The Morgan fingerprint density at radius 1 is 1.29 bits per heavy atom. The van der Waals surface area contributed by atoms with Gasteiger partial charge in [0.25, 0.3) is 0 Å². The van der Waals surface area contributed by atoms with Gasteiger partial charge in [-0.3, -0.25) is 0 Å². The maximum absolute atomic E-state index is 11.8. The van der Waals surface area contributed by atoms with Gasteiger partial charge in [0.15, 0.2) is 0 Å². The van der Waals surface area contributed by atoms with E-state index in [1.165, 1.54) is 12.4 Å². The average molecular weight is 201 g/mol. The summed E-state index contributed by atoms with van der Waals surface area (Å²) in [5.74, 6) is 0.0984. The molecule has 0 aliphatic rings. The van der Waals surface area contributed by atoms with E-state index in [1.807, 2.05) is 0 Å². The van der Waals surface area contributed by atoms with Crippen molar-refractivity contribution in [3.05, 3.63) is 23.8 Å². The Hall–Kier alpha value is -1.64. The minimum absolute atomic E-state index is 0.0984. The van der Waals surface area contributed by atoms with Gasteiger partial charge in [-0.15, -0.1) is 0 Å². The summed E-state index contributed by atoms with van der Waals surface area (Å²) in [7, 11) is 0. The van der Waals surface area contributed by atoms with Crippen molar-refractivity contribution in [2.45, 2.75) is 19.0 Å². The lowest BCUT2D eigenvalue weighted by Crippen LogP contribution is -2.10. The van der Waals surface area contributed by atoms with E-state index in [2.05, 4.69) is 9.97 Å². The van der Waals surface area contributed by atoms with Crippen LogP contribution in [0.4, 0.5) is 13.2 Å². The zero-order valence-corrected chi connectivity index (χ0v) is 7.04. The molecule has 1 aromatic heterocycles. The Morgan fingerprint density at radius 3 is 2.29 bits per heavy atom. The van der Waals surface area contributed by atoms with Crippen molar-refractivity contribution in [1.29, 1.82) is 5.26 Å². The fraction of sp³-hybridized carbons (Fsp3) is 0.375. The molecule has 0 saturated heterocycles. The van der Waals surface area contributed by atoms with Crippen molar-refractivity contribution < 1.29 is 13.2 Å². The highest BCUT2D eigenvalue weighted by atomic mass is 19.4. The summed E-state index contributed by atoms with van der Waals surface area (Å²) in [6, 6.07) is 1.78. The van der Waals surface area contributed by atoms with E-state index in [0.717, 1.165) is 0 Å². The molecule has 3 nitrogen and oxygen atoms in total. The maximum atomic E-state index is 11.8. The lowest BCUT2D eigenvalue weighted by molar-refractivity contribution is -0.134. The minimum atomic E-state index is -4.20. The first kappa shape index (κ1) is 10.4. The molecule has 6 heteroatoms. The molecule has 0 aliphatic carbocycles. The Balaban J connectivity index is 2.58.